The Kier molecular flexibility index (Phi) is 2.82. The summed E-state index contributed by atoms with van der Waals surface area (Å²) in [5, 5.41) is 18.6. The van der Waals surface area contributed by atoms with Crippen LogP contribution in [0.4, 0.5) is 0 Å². The van der Waals surface area contributed by atoms with Crippen molar-refractivity contribution >= 4 is 18.3 Å². The highest BCUT2D eigenvalue weighted by molar-refractivity contribution is 5.84. The maximum absolute atomic E-state index is 11.0. The minimum atomic E-state index is -1.02. The molecular formula is C12H10O5. The van der Waals surface area contributed by atoms with Crippen LogP contribution in [-0.2, 0) is 9.59 Å². The fraction of sp³-hybridized carbons (Fsp3) is 0.167. The first-order chi connectivity index (χ1) is 8.15. The van der Waals surface area contributed by atoms with Crippen molar-refractivity contribution in [2.45, 2.75) is 5.92 Å². The van der Waals surface area contributed by atoms with Crippen LogP contribution in [0.15, 0.2) is 18.2 Å². The van der Waals surface area contributed by atoms with Gasteiger partial charge in [-0.15, -0.1) is 0 Å². The summed E-state index contributed by atoms with van der Waals surface area (Å²) in [6, 6.07) is 2.96. The highest BCUT2D eigenvalue weighted by Crippen LogP contribution is 2.43. The second-order valence-corrected chi connectivity index (χ2v) is 3.61. The van der Waals surface area contributed by atoms with Crippen molar-refractivity contribution < 1.29 is 24.5 Å². The lowest BCUT2D eigenvalue weighted by molar-refractivity contribution is -0.139. The Balaban J connectivity index is 2.56. The van der Waals surface area contributed by atoms with Crippen molar-refractivity contribution in [2.24, 2.45) is 0 Å². The van der Waals surface area contributed by atoms with E-state index in [9.17, 15) is 14.7 Å². The first-order valence-corrected chi connectivity index (χ1v) is 4.98. The van der Waals surface area contributed by atoms with Gasteiger partial charge in [0.15, 0.2) is 11.5 Å². The van der Waals surface area contributed by atoms with E-state index >= 15 is 0 Å². The molecule has 2 rings (SSSR count). The van der Waals surface area contributed by atoms with Gasteiger partial charge in [0, 0.05) is 5.56 Å². The zero-order valence-electron chi connectivity index (χ0n) is 8.79. The SMILES string of the molecule is O=C/C=C\c1ccc(O)c2c1C(C(=O)O)CO2. The average molecular weight is 234 g/mol. The molecule has 1 atom stereocenters. The van der Waals surface area contributed by atoms with E-state index in [0.717, 1.165) is 0 Å². The van der Waals surface area contributed by atoms with E-state index in [1.54, 1.807) is 6.07 Å². The quantitative estimate of drug-likeness (QED) is 0.605. The predicted molar refractivity (Wildman–Crippen MR) is 59.1 cm³/mol. The average Bonchev–Trinajstić information content (AvgIpc) is 2.74. The third kappa shape index (κ3) is 1.87. The van der Waals surface area contributed by atoms with Gasteiger partial charge in [0.05, 0.1) is 0 Å². The molecule has 0 radical (unpaired) electrons. The molecule has 17 heavy (non-hydrogen) atoms. The zero-order valence-corrected chi connectivity index (χ0v) is 8.79. The summed E-state index contributed by atoms with van der Waals surface area (Å²) in [5.74, 6) is -1.74. The number of aliphatic carboxylic acids is 1. The van der Waals surface area contributed by atoms with Gasteiger partial charge in [0.1, 0.15) is 18.8 Å². The smallest absolute Gasteiger partial charge is 0.314 e. The molecule has 1 aliphatic rings. The molecule has 5 heteroatoms. The number of carbonyl (C=O) groups excluding carboxylic acids is 1. The largest absolute Gasteiger partial charge is 0.504 e. The van der Waals surface area contributed by atoms with Crippen LogP contribution in [0.25, 0.3) is 6.08 Å². The summed E-state index contributed by atoms with van der Waals surface area (Å²) in [5.41, 5.74) is 0.977. The lowest BCUT2D eigenvalue weighted by Crippen LogP contribution is -2.13. The zero-order chi connectivity index (χ0) is 12.4. The molecule has 5 nitrogen and oxygen atoms in total. The van der Waals surface area contributed by atoms with Gasteiger partial charge in [0.25, 0.3) is 0 Å². The molecule has 1 heterocycles. The van der Waals surface area contributed by atoms with E-state index in [1.165, 1.54) is 18.2 Å². The van der Waals surface area contributed by atoms with E-state index in [2.05, 4.69) is 0 Å². The number of aromatic hydroxyl groups is 1. The van der Waals surface area contributed by atoms with Gasteiger partial charge in [-0.2, -0.15) is 0 Å². The Morgan fingerprint density at radius 2 is 2.24 bits per heavy atom. The molecule has 0 fully saturated rings. The van der Waals surface area contributed by atoms with Gasteiger partial charge in [-0.25, -0.2) is 0 Å². The van der Waals surface area contributed by atoms with Gasteiger partial charge in [0.2, 0.25) is 0 Å². The van der Waals surface area contributed by atoms with Crippen LogP contribution < -0.4 is 4.74 Å². The molecule has 2 N–H and O–H groups in total. The minimum absolute atomic E-state index is 0.00975. The molecule has 1 aromatic rings. The number of aldehydes is 1. The van der Waals surface area contributed by atoms with Crippen LogP contribution in [-0.4, -0.2) is 29.1 Å². The number of carboxylic acids is 1. The first kappa shape index (κ1) is 11.2. The van der Waals surface area contributed by atoms with E-state index in [-0.39, 0.29) is 18.1 Å². The molecule has 1 aliphatic heterocycles. The fourth-order valence-electron chi connectivity index (χ4n) is 1.85. The van der Waals surface area contributed by atoms with Gasteiger partial charge in [-0.3, -0.25) is 9.59 Å². The van der Waals surface area contributed by atoms with Crippen LogP contribution in [0.5, 0.6) is 11.5 Å². The number of allylic oxidation sites excluding steroid dienone is 1. The maximum atomic E-state index is 11.0. The van der Waals surface area contributed by atoms with Crippen LogP contribution in [0.2, 0.25) is 0 Å². The van der Waals surface area contributed by atoms with Crippen molar-refractivity contribution in [3.63, 3.8) is 0 Å². The standard InChI is InChI=1S/C12H10O5/c13-5-1-2-7-3-4-9(14)11-10(7)8(6-17-11)12(15)16/h1-5,8,14H,6H2,(H,15,16)/b2-1-. The Labute approximate surface area is 97.0 Å². The lowest BCUT2D eigenvalue weighted by Gasteiger charge is -2.07. The van der Waals surface area contributed by atoms with Crippen LogP contribution >= 0.6 is 0 Å². The number of phenols is 1. The van der Waals surface area contributed by atoms with Gasteiger partial charge in [-0.1, -0.05) is 12.1 Å². The molecule has 1 aromatic carbocycles. The number of phenolic OH excluding ortho intramolecular Hbond substituents is 1. The molecule has 0 saturated heterocycles. The van der Waals surface area contributed by atoms with Gasteiger partial charge in [-0.05, 0) is 17.7 Å². The molecule has 0 saturated carbocycles. The summed E-state index contributed by atoms with van der Waals surface area (Å²) in [7, 11) is 0. The topological polar surface area (TPSA) is 83.8 Å². The molecule has 0 aliphatic carbocycles. The van der Waals surface area contributed by atoms with E-state index in [1.807, 2.05) is 0 Å². The fourth-order valence-corrected chi connectivity index (χ4v) is 1.85. The first-order valence-electron chi connectivity index (χ1n) is 4.98. The molecular weight excluding hydrogens is 224 g/mol. The normalized spacial score (nSPS) is 17.8. The number of fused-ring (bicyclic) bond motifs is 1. The summed E-state index contributed by atoms with van der Waals surface area (Å²) < 4.78 is 5.17. The summed E-state index contributed by atoms with van der Waals surface area (Å²) >= 11 is 0. The van der Waals surface area contributed by atoms with Crippen molar-refractivity contribution in [2.75, 3.05) is 6.61 Å². The number of rotatable bonds is 3. The van der Waals surface area contributed by atoms with Crippen LogP contribution in [0.3, 0.4) is 0 Å². The van der Waals surface area contributed by atoms with Gasteiger partial charge >= 0.3 is 5.97 Å². The van der Waals surface area contributed by atoms with Crippen molar-refractivity contribution in [3.05, 3.63) is 29.3 Å². The lowest BCUT2D eigenvalue weighted by atomic mass is 9.95. The van der Waals surface area contributed by atoms with Gasteiger partial charge < -0.3 is 14.9 Å². The number of carbonyl (C=O) groups is 2. The molecule has 0 aromatic heterocycles. The number of carboxylic acid groups (broad SMARTS) is 1. The van der Waals surface area contributed by atoms with Crippen LogP contribution in [0.1, 0.15) is 17.0 Å². The summed E-state index contributed by atoms with van der Waals surface area (Å²) in [6.07, 6.45) is 3.37. The maximum Gasteiger partial charge on any atom is 0.314 e. The van der Waals surface area contributed by atoms with Crippen molar-refractivity contribution in [3.8, 4) is 11.5 Å². The third-order valence-electron chi connectivity index (χ3n) is 2.60. The van der Waals surface area contributed by atoms with Crippen molar-refractivity contribution in [1.29, 1.82) is 0 Å². The van der Waals surface area contributed by atoms with E-state index in [0.29, 0.717) is 17.4 Å². The van der Waals surface area contributed by atoms with Crippen molar-refractivity contribution in [1.82, 2.24) is 0 Å². The molecule has 88 valence electrons. The Bertz CT molecular complexity index is 504. The van der Waals surface area contributed by atoms with E-state index in [4.69, 9.17) is 9.84 Å². The molecule has 1 unspecified atom stereocenters. The number of benzene rings is 1. The monoisotopic (exact) mass is 234 g/mol. The predicted octanol–water partition coefficient (Wildman–Crippen LogP) is 1.16. The Hall–Kier alpha value is -2.30. The number of hydrogen-bond donors (Lipinski definition) is 2. The second kappa shape index (κ2) is 4.29. The van der Waals surface area contributed by atoms with Crippen LogP contribution in [0, 0.1) is 0 Å². The number of hydrogen-bond acceptors (Lipinski definition) is 4. The summed E-state index contributed by atoms with van der Waals surface area (Å²) in [4.78, 5) is 21.3. The Morgan fingerprint density at radius 3 is 2.88 bits per heavy atom. The highest BCUT2D eigenvalue weighted by Gasteiger charge is 2.34. The molecule has 0 amide bonds. The Morgan fingerprint density at radius 1 is 1.47 bits per heavy atom. The third-order valence-corrected chi connectivity index (χ3v) is 2.60. The summed E-state index contributed by atoms with van der Waals surface area (Å²) in [6.45, 7) is -0.00975. The molecule has 0 bridgehead atoms. The highest BCUT2D eigenvalue weighted by atomic mass is 16.5. The molecule has 0 spiro atoms. The number of ether oxygens (including phenoxy) is 1. The van der Waals surface area contributed by atoms with E-state index < -0.39 is 11.9 Å². The minimum Gasteiger partial charge on any atom is -0.504 e. The second-order valence-electron chi connectivity index (χ2n) is 3.61.